The molecule has 1 nitrogen and oxygen atoms in total. The highest BCUT2D eigenvalue weighted by molar-refractivity contribution is 5.14. The van der Waals surface area contributed by atoms with Crippen molar-refractivity contribution in [2.45, 2.75) is 13.1 Å². The van der Waals surface area contributed by atoms with Gasteiger partial charge in [0.15, 0.2) is 0 Å². The molecule has 0 aliphatic carbocycles. The van der Waals surface area contributed by atoms with Crippen LogP contribution in [0, 0.1) is 7.05 Å². The van der Waals surface area contributed by atoms with Gasteiger partial charge in [-0.25, -0.2) is 0 Å². The predicted molar refractivity (Wildman–Crippen MR) is 66.6 cm³/mol. The second kappa shape index (κ2) is 5.47. The van der Waals surface area contributed by atoms with Crippen LogP contribution in [0.5, 0.6) is 0 Å². The lowest BCUT2D eigenvalue weighted by Gasteiger charge is -2.21. The van der Waals surface area contributed by atoms with Crippen LogP contribution in [0.3, 0.4) is 0 Å². The lowest BCUT2D eigenvalue weighted by molar-refractivity contribution is -0.882. The van der Waals surface area contributed by atoms with Crippen molar-refractivity contribution >= 4 is 0 Å². The van der Waals surface area contributed by atoms with Crippen LogP contribution in [-0.2, 0) is 13.1 Å². The van der Waals surface area contributed by atoms with Crippen molar-refractivity contribution in [2.24, 2.45) is 0 Å². The van der Waals surface area contributed by atoms with E-state index in [1.807, 2.05) is 12.1 Å². The fourth-order valence-corrected chi connectivity index (χ4v) is 1.83. The normalized spacial score (nSPS) is 10.6. The molecule has 16 heavy (non-hydrogen) atoms. The molecule has 2 aromatic rings. The molecule has 1 heteroatoms. The zero-order valence-corrected chi connectivity index (χ0v) is 9.39. The van der Waals surface area contributed by atoms with E-state index in [0.29, 0.717) is 0 Å². The van der Waals surface area contributed by atoms with Crippen LogP contribution in [0.4, 0.5) is 0 Å². The third kappa shape index (κ3) is 3.21. The Balaban J connectivity index is 1.92. The summed E-state index contributed by atoms with van der Waals surface area (Å²) in [5, 5.41) is 0. The molecular formula is C15H17N. The highest BCUT2D eigenvalue weighted by Crippen LogP contribution is 1.98. The average Bonchev–Trinajstić information content (AvgIpc) is 2.31. The first kappa shape index (κ1) is 10.9. The van der Waals surface area contributed by atoms with E-state index < -0.39 is 0 Å². The van der Waals surface area contributed by atoms with Crippen molar-refractivity contribution in [3.63, 3.8) is 0 Å². The van der Waals surface area contributed by atoms with Crippen molar-refractivity contribution in [3.05, 3.63) is 78.8 Å². The minimum atomic E-state index is 0.968. The van der Waals surface area contributed by atoms with Crippen LogP contribution >= 0.6 is 0 Å². The zero-order chi connectivity index (χ0) is 11.2. The molecule has 0 aliphatic heterocycles. The molecule has 0 saturated heterocycles. The van der Waals surface area contributed by atoms with E-state index in [1.54, 1.807) is 0 Å². The summed E-state index contributed by atoms with van der Waals surface area (Å²) in [6.07, 6.45) is 0. The summed E-state index contributed by atoms with van der Waals surface area (Å²) in [4.78, 5) is 1.26. The van der Waals surface area contributed by atoms with Gasteiger partial charge in [-0.2, -0.15) is 7.05 Å². The Bertz CT molecular complexity index is 366. The third-order valence-corrected chi connectivity index (χ3v) is 2.59. The van der Waals surface area contributed by atoms with Gasteiger partial charge in [-0.1, -0.05) is 60.7 Å². The topological polar surface area (TPSA) is 4.44 Å². The Morgan fingerprint density at radius 3 is 1.44 bits per heavy atom. The highest BCUT2D eigenvalue weighted by Gasteiger charge is 1.99. The third-order valence-electron chi connectivity index (χ3n) is 2.59. The van der Waals surface area contributed by atoms with Crippen LogP contribution in [0.15, 0.2) is 60.7 Å². The summed E-state index contributed by atoms with van der Waals surface area (Å²) in [6.45, 7) is 1.94. The van der Waals surface area contributed by atoms with Gasteiger partial charge in [0.25, 0.3) is 0 Å². The Kier molecular flexibility index (Phi) is 3.73. The molecule has 0 saturated carbocycles. The van der Waals surface area contributed by atoms with Gasteiger partial charge in [0.2, 0.25) is 0 Å². The van der Waals surface area contributed by atoms with Gasteiger partial charge in [-0.15, -0.1) is 0 Å². The van der Waals surface area contributed by atoms with Crippen molar-refractivity contribution < 1.29 is 4.90 Å². The van der Waals surface area contributed by atoms with E-state index in [1.165, 1.54) is 16.0 Å². The standard InChI is InChI=1S/C15H17N/c1-16(12-14-8-4-2-5-9-14)13-15-10-6-3-7-11-15/h2-11,16H,1,12-13H2. The second-order valence-corrected chi connectivity index (χ2v) is 4.07. The molecule has 0 unspecified atom stereocenters. The van der Waals surface area contributed by atoms with Gasteiger partial charge in [0.1, 0.15) is 0 Å². The highest BCUT2D eigenvalue weighted by atomic mass is 15.1. The zero-order valence-electron chi connectivity index (χ0n) is 9.39. The summed E-state index contributed by atoms with van der Waals surface area (Å²) in [5.41, 5.74) is 2.67. The van der Waals surface area contributed by atoms with Gasteiger partial charge in [0, 0.05) is 11.1 Å². The number of quaternary nitrogens is 1. The summed E-state index contributed by atoms with van der Waals surface area (Å²) in [5.74, 6) is 0. The number of benzene rings is 2. The average molecular weight is 211 g/mol. The molecule has 0 fully saturated rings. The minimum Gasteiger partial charge on any atom is -0.460 e. The molecule has 82 valence electrons. The Hall–Kier alpha value is -1.60. The monoisotopic (exact) mass is 211 g/mol. The molecule has 0 spiro atoms. The van der Waals surface area contributed by atoms with Crippen LogP contribution < -0.4 is 4.90 Å². The van der Waals surface area contributed by atoms with Crippen molar-refractivity contribution in [3.8, 4) is 0 Å². The SMILES string of the molecule is [CH2-][NH+](Cc1ccccc1)Cc1ccccc1. The lowest BCUT2D eigenvalue weighted by atomic mass is 10.2. The molecule has 0 atom stereocenters. The Morgan fingerprint density at radius 2 is 1.06 bits per heavy atom. The maximum atomic E-state index is 4.15. The van der Waals surface area contributed by atoms with E-state index in [9.17, 15) is 0 Å². The first-order valence-electron chi connectivity index (χ1n) is 5.59. The Morgan fingerprint density at radius 1 is 0.688 bits per heavy atom. The van der Waals surface area contributed by atoms with Gasteiger partial charge in [0.05, 0.1) is 13.1 Å². The summed E-state index contributed by atoms with van der Waals surface area (Å²) in [7, 11) is 4.15. The van der Waals surface area contributed by atoms with E-state index in [-0.39, 0.29) is 0 Å². The van der Waals surface area contributed by atoms with E-state index in [2.05, 4.69) is 55.6 Å². The number of hydrogen-bond acceptors (Lipinski definition) is 0. The van der Waals surface area contributed by atoms with Crippen LogP contribution in [-0.4, -0.2) is 0 Å². The van der Waals surface area contributed by atoms with Gasteiger partial charge in [-0.05, 0) is 0 Å². The maximum Gasteiger partial charge on any atom is 0.0790 e. The van der Waals surface area contributed by atoms with E-state index >= 15 is 0 Å². The molecule has 2 rings (SSSR count). The van der Waals surface area contributed by atoms with E-state index in [4.69, 9.17) is 0 Å². The smallest absolute Gasteiger partial charge is 0.0790 e. The minimum absolute atomic E-state index is 0.968. The fraction of sp³-hybridized carbons (Fsp3) is 0.133. The van der Waals surface area contributed by atoms with Crippen LogP contribution in [0.25, 0.3) is 0 Å². The summed E-state index contributed by atoms with van der Waals surface area (Å²) in [6, 6.07) is 21.0. The lowest BCUT2D eigenvalue weighted by Crippen LogP contribution is -3.03. The molecule has 0 aliphatic rings. The second-order valence-electron chi connectivity index (χ2n) is 4.07. The number of rotatable bonds is 4. The first-order chi connectivity index (χ1) is 7.84. The molecule has 1 N–H and O–H groups in total. The van der Waals surface area contributed by atoms with Crippen molar-refractivity contribution in [1.82, 2.24) is 0 Å². The molecule has 2 aromatic carbocycles. The molecule has 0 amide bonds. The fourth-order valence-electron chi connectivity index (χ4n) is 1.83. The largest absolute Gasteiger partial charge is 0.460 e. The maximum absolute atomic E-state index is 4.15. The summed E-state index contributed by atoms with van der Waals surface area (Å²) < 4.78 is 0. The number of hydrogen-bond donors (Lipinski definition) is 1. The molecule has 0 aromatic heterocycles. The van der Waals surface area contributed by atoms with Crippen LogP contribution in [0.2, 0.25) is 0 Å². The quantitative estimate of drug-likeness (QED) is 0.738. The molecule has 0 radical (unpaired) electrons. The van der Waals surface area contributed by atoms with Gasteiger partial charge in [-0.3, -0.25) is 0 Å². The van der Waals surface area contributed by atoms with Gasteiger partial charge < -0.3 is 4.90 Å². The predicted octanol–water partition coefficient (Wildman–Crippen LogP) is 2.06. The van der Waals surface area contributed by atoms with Gasteiger partial charge >= 0.3 is 0 Å². The molecule has 0 bridgehead atoms. The van der Waals surface area contributed by atoms with E-state index in [0.717, 1.165) is 13.1 Å². The first-order valence-corrected chi connectivity index (χ1v) is 5.59. The van der Waals surface area contributed by atoms with Crippen molar-refractivity contribution in [2.75, 3.05) is 0 Å². The Labute approximate surface area is 97.3 Å². The molecular weight excluding hydrogens is 194 g/mol. The van der Waals surface area contributed by atoms with Crippen molar-refractivity contribution in [1.29, 1.82) is 0 Å². The van der Waals surface area contributed by atoms with Crippen LogP contribution in [0.1, 0.15) is 11.1 Å². The summed E-state index contributed by atoms with van der Waals surface area (Å²) >= 11 is 0. The number of nitrogens with one attached hydrogen (secondary N) is 1. The molecule has 0 heterocycles.